The topological polar surface area (TPSA) is 103 Å². The molecule has 1 saturated heterocycles. The summed E-state index contributed by atoms with van der Waals surface area (Å²) in [6.45, 7) is 5.63. The first-order valence-corrected chi connectivity index (χ1v) is 14.1. The molecule has 2 N–H and O–H groups in total. The van der Waals surface area contributed by atoms with Crippen LogP contribution in [0.2, 0.25) is 0 Å². The van der Waals surface area contributed by atoms with Gasteiger partial charge >= 0.3 is 0 Å². The maximum atomic E-state index is 13.1. The summed E-state index contributed by atoms with van der Waals surface area (Å²) in [6.07, 6.45) is 11.0. The van der Waals surface area contributed by atoms with Gasteiger partial charge in [-0.15, -0.1) is 11.8 Å². The lowest BCUT2D eigenvalue weighted by atomic mass is 9.73. The van der Waals surface area contributed by atoms with Crippen molar-refractivity contribution in [2.45, 2.75) is 43.4 Å². The Morgan fingerprint density at radius 2 is 1.92 bits per heavy atom. The highest BCUT2D eigenvalue weighted by Crippen LogP contribution is 2.37. The van der Waals surface area contributed by atoms with E-state index in [9.17, 15) is 19.4 Å². The summed E-state index contributed by atoms with van der Waals surface area (Å²) in [4.78, 5) is 20.1. The molecule has 1 aromatic carbocycles. The summed E-state index contributed by atoms with van der Waals surface area (Å²) in [5.74, 6) is 1.20. The molecule has 2 aliphatic rings. The van der Waals surface area contributed by atoms with Gasteiger partial charge in [-0.05, 0) is 67.7 Å². The van der Waals surface area contributed by atoms with Crippen molar-refractivity contribution in [1.82, 2.24) is 9.88 Å². The van der Waals surface area contributed by atoms with Crippen LogP contribution in [-0.2, 0) is 15.6 Å². The van der Waals surface area contributed by atoms with E-state index < -0.39 is 10.8 Å². The highest BCUT2D eigenvalue weighted by Gasteiger charge is 2.35. The second-order valence-corrected chi connectivity index (χ2v) is 11.1. The number of ether oxygens (including phenoxy) is 1. The third-order valence-corrected chi connectivity index (χ3v) is 8.34. The lowest BCUT2D eigenvalue weighted by molar-refractivity contribution is -0.140. The van der Waals surface area contributed by atoms with Crippen LogP contribution in [0.15, 0.2) is 54.1 Å². The standard InChI is InChI=1S/C27H35N3O5S/c1-3-5-24(21-6-4-7-21)27(31)29-14-12-19(13-15-29)18-35-26-25(30(32)33)16-22(17-28-26)20-8-10-23(11-9-20)36(2)34/h3,8-11,16-17,19,21,24,32-33H,1,4-7,12-15,18H2,2H3. The van der Waals surface area contributed by atoms with Gasteiger partial charge in [0.15, 0.2) is 5.69 Å². The Labute approximate surface area is 215 Å². The Morgan fingerprint density at radius 3 is 2.47 bits per heavy atom. The molecule has 0 bridgehead atoms. The lowest BCUT2D eigenvalue weighted by Crippen LogP contribution is -2.45. The minimum absolute atomic E-state index is 0.0166. The fraction of sp³-hybridized carbons (Fsp3) is 0.481. The Morgan fingerprint density at radius 1 is 1.22 bits per heavy atom. The molecule has 8 nitrogen and oxygen atoms in total. The molecule has 1 saturated carbocycles. The van der Waals surface area contributed by atoms with E-state index in [4.69, 9.17) is 4.74 Å². The number of hydrogen-bond acceptors (Lipinski definition) is 7. The second kappa shape index (κ2) is 12.0. The van der Waals surface area contributed by atoms with Gasteiger partial charge in [0.05, 0.1) is 6.61 Å². The van der Waals surface area contributed by atoms with Gasteiger partial charge in [0, 0.05) is 52.7 Å². The van der Waals surface area contributed by atoms with Gasteiger partial charge in [-0.2, -0.15) is 0 Å². The molecule has 1 amide bonds. The molecule has 0 radical (unpaired) electrons. The second-order valence-electron chi connectivity index (χ2n) is 9.72. The minimum atomic E-state index is -1.07. The minimum Gasteiger partial charge on any atom is -0.476 e. The summed E-state index contributed by atoms with van der Waals surface area (Å²) in [5.41, 5.74) is 1.52. The van der Waals surface area contributed by atoms with Gasteiger partial charge in [0.25, 0.3) is 0 Å². The molecule has 2 heterocycles. The number of aromatic nitrogens is 1. The number of pyridine rings is 1. The van der Waals surface area contributed by atoms with E-state index in [2.05, 4.69) is 11.6 Å². The van der Waals surface area contributed by atoms with Crippen molar-refractivity contribution in [1.29, 1.82) is 0 Å². The molecule has 2 fully saturated rings. The number of likely N-dealkylation sites (tertiary alicyclic amines) is 1. The van der Waals surface area contributed by atoms with E-state index in [0.717, 1.165) is 37.7 Å². The molecular weight excluding hydrogens is 478 g/mol. The predicted molar refractivity (Wildman–Crippen MR) is 139 cm³/mol. The number of benzene rings is 1. The number of allylic oxidation sites excluding steroid dienone is 1. The fourth-order valence-corrected chi connectivity index (χ4v) is 5.48. The van der Waals surface area contributed by atoms with E-state index in [1.54, 1.807) is 30.7 Å². The van der Waals surface area contributed by atoms with Crippen molar-refractivity contribution in [2.24, 2.45) is 17.8 Å². The number of amides is 1. The zero-order chi connectivity index (χ0) is 25.7. The van der Waals surface area contributed by atoms with Crippen molar-refractivity contribution >= 4 is 22.4 Å². The van der Waals surface area contributed by atoms with Gasteiger partial charge in [-0.25, -0.2) is 4.98 Å². The number of carbonyl (C=O) groups excluding carboxylic acids is 1. The molecule has 1 aliphatic carbocycles. The SMILES string of the molecule is C=CCC(C(=O)N1CCC(COc2ncc(-c3ccc(S(C)=O)cc3)cc2N(O)O)CC1)C1CCC1. The maximum Gasteiger partial charge on any atom is 0.242 e. The van der Waals surface area contributed by atoms with Gasteiger partial charge in [0.1, 0.15) is 0 Å². The third kappa shape index (κ3) is 6.14. The van der Waals surface area contributed by atoms with E-state index in [-0.39, 0.29) is 34.5 Å². The smallest absolute Gasteiger partial charge is 0.242 e. The molecule has 9 heteroatoms. The van der Waals surface area contributed by atoms with Gasteiger partial charge in [0.2, 0.25) is 11.8 Å². The number of hydrogen-bond donors (Lipinski definition) is 2. The Balaban J connectivity index is 1.34. The van der Waals surface area contributed by atoms with Gasteiger partial charge in [-0.1, -0.05) is 24.6 Å². The van der Waals surface area contributed by atoms with Crippen molar-refractivity contribution < 1.29 is 24.2 Å². The summed E-state index contributed by atoms with van der Waals surface area (Å²) >= 11 is 0. The van der Waals surface area contributed by atoms with E-state index in [1.807, 2.05) is 23.1 Å². The quantitative estimate of drug-likeness (QED) is 0.351. The molecule has 0 spiro atoms. The van der Waals surface area contributed by atoms with Crippen molar-refractivity contribution in [2.75, 3.05) is 31.2 Å². The van der Waals surface area contributed by atoms with Crippen LogP contribution in [-0.4, -0.2) is 56.4 Å². The molecule has 1 aliphatic heterocycles. The van der Waals surface area contributed by atoms with E-state index >= 15 is 0 Å². The number of rotatable bonds is 10. The molecule has 194 valence electrons. The largest absolute Gasteiger partial charge is 0.476 e. The molecule has 2 aromatic rings. The molecule has 36 heavy (non-hydrogen) atoms. The maximum absolute atomic E-state index is 13.1. The first-order valence-electron chi connectivity index (χ1n) is 12.5. The van der Waals surface area contributed by atoms with Crippen LogP contribution in [0, 0.1) is 17.8 Å². The summed E-state index contributed by atoms with van der Waals surface area (Å²) in [6, 6.07) is 8.76. The first-order chi connectivity index (χ1) is 17.4. The Kier molecular flexibility index (Phi) is 8.77. The van der Waals surface area contributed by atoms with Crippen molar-refractivity contribution in [3.8, 4) is 17.0 Å². The van der Waals surface area contributed by atoms with Crippen LogP contribution in [0.1, 0.15) is 38.5 Å². The van der Waals surface area contributed by atoms with Crippen LogP contribution in [0.5, 0.6) is 5.88 Å². The van der Waals surface area contributed by atoms with Crippen LogP contribution in [0.25, 0.3) is 11.1 Å². The van der Waals surface area contributed by atoms with Crippen LogP contribution in [0.4, 0.5) is 5.69 Å². The lowest BCUT2D eigenvalue weighted by Gasteiger charge is -2.38. The zero-order valence-corrected chi connectivity index (χ0v) is 21.5. The highest BCUT2D eigenvalue weighted by atomic mass is 32.2. The molecular formula is C27H35N3O5S. The monoisotopic (exact) mass is 513 g/mol. The molecule has 1 aromatic heterocycles. The van der Waals surface area contributed by atoms with E-state index in [0.29, 0.717) is 36.1 Å². The Hall–Kier alpha value is -2.75. The fourth-order valence-electron chi connectivity index (χ4n) is 4.96. The Bertz CT molecular complexity index is 1080. The first kappa shape index (κ1) is 26.3. The average molecular weight is 514 g/mol. The molecule has 2 unspecified atom stereocenters. The highest BCUT2D eigenvalue weighted by molar-refractivity contribution is 7.84. The van der Waals surface area contributed by atoms with Crippen molar-refractivity contribution in [3.05, 3.63) is 49.2 Å². The van der Waals surface area contributed by atoms with Crippen LogP contribution < -0.4 is 9.96 Å². The third-order valence-electron chi connectivity index (χ3n) is 7.41. The van der Waals surface area contributed by atoms with Gasteiger partial charge in [-0.3, -0.25) is 19.4 Å². The zero-order valence-electron chi connectivity index (χ0n) is 20.7. The molecule has 4 rings (SSSR count). The average Bonchev–Trinajstić information content (AvgIpc) is 2.86. The predicted octanol–water partition coefficient (Wildman–Crippen LogP) is 4.68. The van der Waals surface area contributed by atoms with Crippen LogP contribution >= 0.6 is 0 Å². The van der Waals surface area contributed by atoms with E-state index in [1.165, 1.54) is 6.42 Å². The van der Waals surface area contributed by atoms with Crippen LogP contribution in [0.3, 0.4) is 0 Å². The summed E-state index contributed by atoms with van der Waals surface area (Å²) in [7, 11) is -1.07. The number of piperidine rings is 1. The summed E-state index contributed by atoms with van der Waals surface area (Å²) < 4.78 is 17.5. The normalized spacial score (nSPS) is 18.2. The number of carbonyl (C=O) groups is 1. The number of nitrogens with zero attached hydrogens (tertiary/aromatic N) is 3. The van der Waals surface area contributed by atoms with Crippen molar-refractivity contribution in [3.63, 3.8) is 0 Å². The molecule has 2 atom stereocenters. The van der Waals surface area contributed by atoms with Gasteiger partial charge < -0.3 is 9.64 Å². The summed E-state index contributed by atoms with van der Waals surface area (Å²) in [5, 5.41) is 19.6. The number of anilines is 1.